The molecule has 0 aliphatic heterocycles. The lowest BCUT2D eigenvalue weighted by atomic mass is 10.1. The van der Waals surface area contributed by atoms with Gasteiger partial charge in [-0.05, 0) is 64.1 Å². The lowest BCUT2D eigenvalue weighted by Crippen LogP contribution is -2.48. The molecule has 0 aliphatic carbocycles. The van der Waals surface area contributed by atoms with Gasteiger partial charge in [-0.3, -0.25) is 18.6 Å². The van der Waals surface area contributed by atoms with Crippen molar-refractivity contribution in [3.8, 4) is 0 Å². The van der Waals surface area contributed by atoms with Crippen molar-refractivity contribution < 1.29 is 23.0 Å². The van der Waals surface area contributed by atoms with E-state index in [0.717, 1.165) is 5.56 Å². The molecule has 0 spiro atoms. The molecule has 0 saturated heterocycles. The van der Waals surface area contributed by atoms with Crippen LogP contribution < -0.4 is 15.5 Å². The van der Waals surface area contributed by atoms with Gasteiger partial charge in [-0.1, -0.05) is 17.7 Å². The molecule has 0 heterocycles. The molecule has 0 radical (unpaired) electrons. The Morgan fingerprint density at radius 3 is 2.09 bits per heavy atom. The zero-order valence-electron chi connectivity index (χ0n) is 18.6. The van der Waals surface area contributed by atoms with Crippen molar-refractivity contribution in [2.45, 2.75) is 33.2 Å². The lowest BCUT2D eigenvalue weighted by molar-refractivity contribution is -0.124. The van der Waals surface area contributed by atoms with E-state index in [4.69, 9.17) is 0 Å². The first-order chi connectivity index (χ1) is 14.9. The summed E-state index contributed by atoms with van der Waals surface area (Å²) in [4.78, 5) is 38.7. The number of hydrogen-bond donors (Lipinski definition) is 2. The van der Waals surface area contributed by atoms with Crippen molar-refractivity contribution in [1.82, 2.24) is 5.32 Å². The summed E-state index contributed by atoms with van der Waals surface area (Å²) in [6, 6.07) is 12.2. The van der Waals surface area contributed by atoms with Crippen LogP contribution in [0.1, 0.15) is 26.3 Å². The number of aryl methyl sites for hydroxylation is 1. The van der Waals surface area contributed by atoms with Crippen molar-refractivity contribution in [1.29, 1.82) is 0 Å². The number of nitrogens with zero attached hydrogens (tertiary/aromatic N) is 1. The summed E-state index contributed by atoms with van der Waals surface area (Å²) in [6.07, 6.45) is 0. The van der Waals surface area contributed by atoms with Crippen molar-refractivity contribution in [2.24, 2.45) is 0 Å². The molecule has 0 unspecified atom stereocenters. The average molecular weight is 462 g/mol. The lowest BCUT2D eigenvalue weighted by Gasteiger charge is -2.26. The van der Waals surface area contributed by atoms with Gasteiger partial charge < -0.3 is 15.5 Å². The molecule has 0 aliphatic rings. The highest BCUT2D eigenvalue weighted by Gasteiger charge is 2.24. The molecule has 172 valence electrons. The van der Waals surface area contributed by atoms with E-state index in [0.29, 0.717) is 11.4 Å². The average Bonchev–Trinajstić information content (AvgIpc) is 2.67. The molecule has 0 bridgehead atoms. The zero-order valence-corrected chi connectivity index (χ0v) is 19.4. The number of hydrogen-bond acceptors (Lipinski definition) is 4. The second-order valence-corrected chi connectivity index (χ2v) is 9.85. The highest BCUT2D eigenvalue weighted by molar-refractivity contribution is 7.86. The van der Waals surface area contributed by atoms with Crippen molar-refractivity contribution >= 4 is 39.9 Å². The maximum atomic E-state index is 13.0. The van der Waals surface area contributed by atoms with Gasteiger partial charge in [0.1, 0.15) is 23.9 Å². The second-order valence-electron chi connectivity index (χ2n) is 8.40. The van der Waals surface area contributed by atoms with Gasteiger partial charge in [0.2, 0.25) is 17.7 Å². The Morgan fingerprint density at radius 1 is 0.938 bits per heavy atom. The van der Waals surface area contributed by atoms with Gasteiger partial charge >= 0.3 is 0 Å². The molecule has 2 N–H and O–H groups in total. The summed E-state index contributed by atoms with van der Waals surface area (Å²) in [7, 11) is -1.80. The van der Waals surface area contributed by atoms with Gasteiger partial charge in [0.15, 0.2) is 0 Å². The topological polar surface area (TPSA) is 95.6 Å². The Morgan fingerprint density at radius 2 is 1.53 bits per heavy atom. The van der Waals surface area contributed by atoms with Crippen LogP contribution in [0, 0.1) is 12.7 Å². The fourth-order valence-corrected chi connectivity index (χ4v) is 3.69. The number of anilines is 2. The van der Waals surface area contributed by atoms with Crippen LogP contribution in [-0.4, -0.2) is 45.5 Å². The predicted octanol–water partition coefficient (Wildman–Crippen LogP) is 2.77. The minimum Gasteiger partial charge on any atom is -0.350 e. The summed E-state index contributed by atoms with van der Waals surface area (Å²) in [5.74, 6) is -2.72. The van der Waals surface area contributed by atoms with Gasteiger partial charge in [-0.25, -0.2) is 4.39 Å². The van der Waals surface area contributed by atoms with Crippen LogP contribution in [0.5, 0.6) is 0 Å². The third-order valence-corrected chi connectivity index (χ3v) is 5.32. The van der Waals surface area contributed by atoms with Crippen LogP contribution >= 0.6 is 0 Å². The van der Waals surface area contributed by atoms with Crippen LogP contribution in [0.3, 0.4) is 0 Å². The van der Waals surface area contributed by atoms with Gasteiger partial charge in [0.05, 0.1) is 0 Å². The fraction of sp³-hybridized carbons (Fsp3) is 0.348. The Bertz CT molecular complexity index is 986. The van der Waals surface area contributed by atoms with Gasteiger partial charge in [-0.15, -0.1) is 0 Å². The highest BCUT2D eigenvalue weighted by atomic mass is 32.2. The molecule has 2 rings (SSSR count). The largest absolute Gasteiger partial charge is 0.350 e. The summed E-state index contributed by atoms with van der Waals surface area (Å²) in [6.45, 7) is 7.16. The smallest absolute Gasteiger partial charge is 0.240 e. The third-order valence-electron chi connectivity index (χ3n) is 4.17. The van der Waals surface area contributed by atoms with Crippen molar-refractivity contribution in [2.75, 3.05) is 28.3 Å². The molecule has 32 heavy (non-hydrogen) atoms. The van der Waals surface area contributed by atoms with E-state index < -0.39 is 45.5 Å². The molecule has 9 heteroatoms. The minimum atomic E-state index is -1.80. The predicted molar refractivity (Wildman–Crippen MR) is 124 cm³/mol. The molecule has 7 nitrogen and oxygen atoms in total. The van der Waals surface area contributed by atoms with E-state index in [-0.39, 0.29) is 12.5 Å². The van der Waals surface area contributed by atoms with Gasteiger partial charge in [0.25, 0.3) is 0 Å². The highest BCUT2D eigenvalue weighted by Crippen LogP contribution is 2.16. The summed E-state index contributed by atoms with van der Waals surface area (Å²) in [5.41, 5.74) is 1.37. The van der Waals surface area contributed by atoms with E-state index in [9.17, 15) is 23.0 Å². The number of nitrogens with one attached hydrogen (secondary N) is 2. The van der Waals surface area contributed by atoms with Crippen LogP contribution in [0.15, 0.2) is 48.5 Å². The van der Waals surface area contributed by atoms with E-state index in [1.807, 2.05) is 39.8 Å². The van der Waals surface area contributed by atoms with E-state index in [2.05, 4.69) is 10.6 Å². The van der Waals surface area contributed by atoms with E-state index in [1.165, 1.54) is 29.2 Å². The summed E-state index contributed by atoms with van der Waals surface area (Å²) in [5, 5.41) is 5.31. The normalized spacial score (nSPS) is 12.0. The van der Waals surface area contributed by atoms with E-state index in [1.54, 1.807) is 12.1 Å². The first-order valence-corrected chi connectivity index (χ1v) is 11.5. The Balaban J connectivity index is 2.04. The standard InChI is InChI=1S/C23H28FN3O4S/c1-16-5-11-19(12-6-16)27(13-20(28)26-23(2,3)4)22(30)15-32(31)14-21(29)25-18-9-7-17(24)8-10-18/h5-12H,13-15H2,1-4H3,(H,25,29)(H,26,28)/t32-/m1/s1. The fourth-order valence-electron chi connectivity index (χ4n) is 2.79. The molecule has 2 aromatic rings. The molecule has 1 atom stereocenters. The Hall–Kier alpha value is -3.07. The van der Waals surface area contributed by atoms with Crippen molar-refractivity contribution in [3.63, 3.8) is 0 Å². The number of carbonyl (C=O) groups excluding carboxylic acids is 3. The maximum absolute atomic E-state index is 13.0. The van der Waals surface area contributed by atoms with Crippen LogP contribution in [0.4, 0.5) is 15.8 Å². The molecule has 2 aromatic carbocycles. The summed E-state index contributed by atoms with van der Waals surface area (Å²) < 4.78 is 25.4. The number of amides is 3. The number of benzene rings is 2. The maximum Gasteiger partial charge on any atom is 0.240 e. The molecule has 0 aromatic heterocycles. The number of rotatable bonds is 8. The quantitative estimate of drug-likeness (QED) is 0.632. The minimum absolute atomic E-state index is 0.238. The van der Waals surface area contributed by atoms with E-state index >= 15 is 0 Å². The molecular formula is C23H28FN3O4S. The van der Waals surface area contributed by atoms with Gasteiger partial charge in [-0.2, -0.15) is 0 Å². The number of halogens is 1. The molecular weight excluding hydrogens is 433 g/mol. The molecule has 0 saturated carbocycles. The van der Waals surface area contributed by atoms with Crippen molar-refractivity contribution in [3.05, 3.63) is 59.9 Å². The first-order valence-electron chi connectivity index (χ1n) is 10.0. The third kappa shape index (κ3) is 8.58. The molecule has 3 amide bonds. The summed E-state index contributed by atoms with van der Waals surface area (Å²) >= 11 is 0. The zero-order chi connectivity index (χ0) is 23.9. The second kappa shape index (κ2) is 11.0. The van der Waals surface area contributed by atoms with Gasteiger partial charge in [0, 0.05) is 27.7 Å². The van der Waals surface area contributed by atoms with Crippen LogP contribution in [0.2, 0.25) is 0 Å². The SMILES string of the molecule is Cc1ccc(N(CC(=O)NC(C)(C)C)C(=O)C[S@](=O)CC(=O)Nc2ccc(F)cc2)cc1. The van der Waals surface area contributed by atoms with Crippen LogP contribution in [-0.2, 0) is 25.2 Å². The monoisotopic (exact) mass is 461 g/mol. The van der Waals surface area contributed by atoms with Crippen LogP contribution in [0.25, 0.3) is 0 Å². The first kappa shape index (κ1) is 25.2. The Labute approximate surface area is 189 Å². The molecule has 0 fully saturated rings. The number of carbonyl (C=O) groups is 3. The Kier molecular flexibility index (Phi) is 8.65.